The van der Waals surface area contributed by atoms with Crippen LogP contribution < -0.4 is 5.43 Å². The number of carbonyl (C=O) groups excluding carboxylic acids is 1. The van der Waals surface area contributed by atoms with Crippen LogP contribution in [0.15, 0.2) is 56.1 Å². The number of nitrogens with zero attached hydrogens (tertiary/aromatic N) is 1. The van der Waals surface area contributed by atoms with Crippen LogP contribution in [0.3, 0.4) is 0 Å². The molecule has 0 aliphatic carbocycles. The summed E-state index contributed by atoms with van der Waals surface area (Å²) in [6.45, 7) is 4.93. The predicted octanol–water partition coefficient (Wildman–Crippen LogP) is 5.57. The third-order valence-corrected chi connectivity index (χ3v) is 5.87. The first-order valence-electron chi connectivity index (χ1n) is 9.81. The number of fused-ring (bicyclic) bond motifs is 2. The van der Waals surface area contributed by atoms with Gasteiger partial charge in [0.05, 0.1) is 23.1 Å². The van der Waals surface area contributed by atoms with Gasteiger partial charge >= 0.3 is 0 Å². The molecule has 0 radical (unpaired) electrons. The van der Waals surface area contributed by atoms with Gasteiger partial charge in [-0.15, -0.1) is 0 Å². The van der Waals surface area contributed by atoms with Gasteiger partial charge in [0.15, 0.2) is 5.43 Å². The lowest BCUT2D eigenvalue weighted by molar-refractivity contribution is 0.0593. The van der Waals surface area contributed by atoms with Crippen LogP contribution in [0, 0.1) is 0 Å². The van der Waals surface area contributed by atoms with E-state index in [2.05, 4.69) is 15.9 Å². The van der Waals surface area contributed by atoms with Gasteiger partial charge in [-0.2, -0.15) is 0 Å². The van der Waals surface area contributed by atoms with Crippen molar-refractivity contribution in [3.05, 3.63) is 79.1 Å². The van der Waals surface area contributed by atoms with Crippen LogP contribution in [0.1, 0.15) is 48.0 Å². The van der Waals surface area contributed by atoms with E-state index >= 15 is 0 Å². The Labute approximate surface area is 187 Å². The van der Waals surface area contributed by atoms with E-state index < -0.39 is 6.04 Å². The van der Waals surface area contributed by atoms with Crippen molar-refractivity contribution in [3.8, 4) is 0 Å². The van der Waals surface area contributed by atoms with Crippen LogP contribution in [0.5, 0.6) is 0 Å². The van der Waals surface area contributed by atoms with E-state index in [0.29, 0.717) is 41.1 Å². The molecule has 0 saturated heterocycles. The van der Waals surface area contributed by atoms with E-state index in [1.54, 1.807) is 23.1 Å². The third kappa shape index (κ3) is 3.92. The molecule has 0 bridgehead atoms. The summed E-state index contributed by atoms with van der Waals surface area (Å²) in [5, 5.41) is 0.822. The molecule has 2 heterocycles. The van der Waals surface area contributed by atoms with E-state index in [9.17, 15) is 9.59 Å². The lowest BCUT2D eigenvalue weighted by Gasteiger charge is -2.25. The van der Waals surface area contributed by atoms with Crippen LogP contribution in [-0.2, 0) is 4.74 Å². The van der Waals surface area contributed by atoms with Gasteiger partial charge in [0.25, 0.3) is 5.91 Å². The van der Waals surface area contributed by atoms with Crippen molar-refractivity contribution in [1.82, 2.24) is 4.90 Å². The zero-order chi connectivity index (χ0) is 21.4. The summed E-state index contributed by atoms with van der Waals surface area (Å²) in [7, 11) is 0. The van der Waals surface area contributed by atoms with E-state index in [4.69, 9.17) is 20.8 Å². The number of hydrogen-bond donors (Lipinski definition) is 0. The van der Waals surface area contributed by atoms with E-state index in [0.717, 1.165) is 10.0 Å². The van der Waals surface area contributed by atoms with Crippen molar-refractivity contribution < 1.29 is 13.9 Å². The Bertz CT molecular complexity index is 1160. The molecule has 0 fully saturated rings. The Balaban J connectivity index is 1.81. The molecule has 1 amide bonds. The van der Waals surface area contributed by atoms with Crippen molar-refractivity contribution in [2.45, 2.75) is 32.4 Å². The molecule has 1 atom stereocenters. The molecule has 1 unspecified atom stereocenters. The van der Waals surface area contributed by atoms with Crippen molar-refractivity contribution in [2.75, 3.05) is 13.2 Å². The molecule has 5 nitrogen and oxygen atoms in total. The maximum Gasteiger partial charge on any atom is 0.290 e. The van der Waals surface area contributed by atoms with Crippen LogP contribution >= 0.6 is 27.5 Å². The second-order valence-corrected chi connectivity index (χ2v) is 8.89. The monoisotopic (exact) mass is 489 g/mol. The summed E-state index contributed by atoms with van der Waals surface area (Å²) in [6, 6.07) is 12.0. The zero-order valence-corrected chi connectivity index (χ0v) is 19.0. The first-order valence-corrected chi connectivity index (χ1v) is 11.0. The summed E-state index contributed by atoms with van der Waals surface area (Å²) >= 11 is 9.54. The van der Waals surface area contributed by atoms with E-state index in [1.807, 2.05) is 38.1 Å². The van der Waals surface area contributed by atoms with E-state index in [-0.39, 0.29) is 23.2 Å². The molecule has 0 spiro atoms. The molecule has 2 aromatic carbocycles. The first kappa shape index (κ1) is 21.1. The zero-order valence-electron chi connectivity index (χ0n) is 16.7. The highest BCUT2D eigenvalue weighted by Gasteiger charge is 2.42. The van der Waals surface area contributed by atoms with Gasteiger partial charge in [0.2, 0.25) is 5.76 Å². The lowest BCUT2D eigenvalue weighted by Crippen LogP contribution is -2.31. The average molecular weight is 491 g/mol. The second-order valence-electron chi connectivity index (χ2n) is 7.54. The summed E-state index contributed by atoms with van der Waals surface area (Å²) in [4.78, 5) is 28.4. The fourth-order valence-electron chi connectivity index (χ4n) is 3.77. The largest absolute Gasteiger partial charge is 0.450 e. The average Bonchev–Trinajstić information content (AvgIpc) is 2.99. The number of rotatable bonds is 6. The first-order chi connectivity index (χ1) is 14.4. The highest BCUT2D eigenvalue weighted by Crippen LogP contribution is 2.38. The van der Waals surface area contributed by atoms with Gasteiger partial charge in [-0.1, -0.05) is 39.7 Å². The molecule has 4 rings (SSSR count). The maximum absolute atomic E-state index is 13.4. The molecular weight excluding hydrogens is 470 g/mol. The summed E-state index contributed by atoms with van der Waals surface area (Å²) in [6.07, 6.45) is 0.779. The standard InChI is InChI=1S/C23H21BrClNO4/c1-13(2)29-11-3-10-26-20(14-4-6-15(24)7-5-14)19-21(27)17-12-16(25)8-9-18(17)30-22(19)23(26)28/h4-9,12-13,20H,3,10-11H2,1-2H3. The molecule has 0 N–H and O–H groups in total. The highest BCUT2D eigenvalue weighted by molar-refractivity contribution is 9.10. The Morgan fingerprint density at radius 1 is 1.17 bits per heavy atom. The Morgan fingerprint density at radius 2 is 1.90 bits per heavy atom. The van der Waals surface area contributed by atoms with Crippen LogP contribution in [0.4, 0.5) is 0 Å². The number of amides is 1. The van der Waals surface area contributed by atoms with Gasteiger partial charge in [0, 0.05) is 22.6 Å². The van der Waals surface area contributed by atoms with Crippen LogP contribution in [0.2, 0.25) is 5.02 Å². The predicted molar refractivity (Wildman–Crippen MR) is 120 cm³/mol. The molecule has 0 saturated carbocycles. The van der Waals surface area contributed by atoms with Crippen molar-refractivity contribution in [2.24, 2.45) is 0 Å². The number of benzene rings is 2. The fourth-order valence-corrected chi connectivity index (χ4v) is 4.21. The molecule has 1 aliphatic heterocycles. The Hall–Kier alpha value is -2.15. The number of halogens is 2. The normalized spacial score (nSPS) is 16.0. The van der Waals surface area contributed by atoms with Crippen molar-refractivity contribution in [3.63, 3.8) is 0 Å². The van der Waals surface area contributed by atoms with Crippen LogP contribution in [0.25, 0.3) is 11.0 Å². The molecule has 3 aromatic rings. The molecular formula is C23H21BrClNO4. The number of ether oxygens (including phenoxy) is 1. The minimum atomic E-state index is -0.515. The van der Waals surface area contributed by atoms with E-state index in [1.165, 1.54) is 0 Å². The van der Waals surface area contributed by atoms with Gasteiger partial charge in [-0.3, -0.25) is 9.59 Å². The number of hydrogen-bond acceptors (Lipinski definition) is 4. The minimum absolute atomic E-state index is 0.104. The molecule has 1 aliphatic rings. The molecule has 1 aromatic heterocycles. The minimum Gasteiger partial charge on any atom is -0.450 e. The summed E-state index contributed by atoms with van der Waals surface area (Å²) in [5.74, 6) is -0.177. The maximum atomic E-state index is 13.4. The molecule has 30 heavy (non-hydrogen) atoms. The highest BCUT2D eigenvalue weighted by atomic mass is 79.9. The fraction of sp³-hybridized carbons (Fsp3) is 0.304. The van der Waals surface area contributed by atoms with Crippen molar-refractivity contribution >= 4 is 44.4 Å². The summed E-state index contributed by atoms with van der Waals surface area (Å²) in [5.41, 5.74) is 1.35. The Morgan fingerprint density at radius 3 is 2.60 bits per heavy atom. The lowest BCUT2D eigenvalue weighted by atomic mass is 9.98. The number of carbonyl (C=O) groups is 1. The van der Waals surface area contributed by atoms with Gasteiger partial charge in [-0.25, -0.2) is 0 Å². The second kappa shape index (κ2) is 8.53. The van der Waals surface area contributed by atoms with Gasteiger partial charge < -0.3 is 14.1 Å². The topological polar surface area (TPSA) is 59.8 Å². The molecule has 7 heteroatoms. The van der Waals surface area contributed by atoms with Crippen LogP contribution in [-0.4, -0.2) is 30.1 Å². The van der Waals surface area contributed by atoms with Crippen molar-refractivity contribution in [1.29, 1.82) is 0 Å². The smallest absolute Gasteiger partial charge is 0.290 e. The SMILES string of the molecule is CC(C)OCCCN1C(=O)c2oc3ccc(Cl)cc3c(=O)c2C1c1ccc(Br)cc1. The molecule has 156 valence electrons. The summed E-state index contributed by atoms with van der Waals surface area (Å²) < 4.78 is 12.5. The quantitative estimate of drug-likeness (QED) is 0.424. The third-order valence-electron chi connectivity index (χ3n) is 5.11. The van der Waals surface area contributed by atoms with Gasteiger partial charge in [-0.05, 0) is 56.2 Å². The van der Waals surface area contributed by atoms with Gasteiger partial charge in [0.1, 0.15) is 5.58 Å². The Kier molecular flexibility index (Phi) is 6.00.